The lowest BCUT2D eigenvalue weighted by molar-refractivity contribution is 0.596. The average molecular weight is 232 g/mol. The van der Waals surface area contributed by atoms with Gasteiger partial charge < -0.3 is 0 Å². The lowest BCUT2D eigenvalue weighted by Crippen LogP contribution is -2.29. The van der Waals surface area contributed by atoms with Gasteiger partial charge in [0.15, 0.2) is 0 Å². The molecule has 0 fully saturated rings. The van der Waals surface area contributed by atoms with Crippen LogP contribution in [0.3, 0.4) is 0 Å². The van der Waals surface area contributed by atoms with Crippen LogP contribution in [0.25, 0.3) is 0 Å². The van der Waals surface area contributed by atoms with Crippen LogP contribution in [-0.4, -0.2) is 9.97 Å². The number of nitrogens with two attached hydrogens (primary N) is 1. The molecule has 0 spiro atoms. The molecule has 0 amide bonds. The van der Waals surface area contributed by atoms with Crippen molar-refractivity contribution < 1.29 is 4.39 Å². The predicted octanol–water partition coefficient (Wildman–Crippen LogP) is 1.48. The van der Waals surface area contributed by atoms with Crippen LogP contribution in [0.15, 0.2) is 36.9 Å². The Morgan fingerprint density at radius 2 is 2.12 bits per heavy atom. The number of nitrogens with one attached hydrogen (secondary N) is 1. The fourth-order valence-electron chi connectivity index (χ4n) is 1.76. The van der Waals surface area contributed by atoms with Crippen LogP contribution >= 0.6 is 0 Å². The van der Waals surface area contributed by atoms with E-state index >= 15 is 0 Å². The zero-order valence-electron chi connectivity index (χ0n) is 9.39. The summed E-state index contributed by atoms with van der Waals surface area (Å²) in [7, 11) is 0. The minimum absolute atomic E-state index is 0.291. The van der Waals surface area contributed by atoms with Crippen molar-refractivity contribution >= 4 is 0 Å². The molecular weight excluding hydrogens is 219 g/mol. The van der Waals surface area contributed by atoms with E-state index in [1.807, 2.05) is 13.0 Å². The summed E-state index contributed by atoms with van der Waals surface area (Å²) < 4.78 is 13.1. The smallest absolute Gasteiger partial charge is 0.141 e. The van der Waals surface area contributed by atoms with E-state index in [0.717, 1.165) is 17.3 Å². The molecule has 1 atom stereocenters. The molecule has 4 nitrogen and oxygen atoms in total. The van der Waals surface area contributed by atoms with E-state index < -0.39 is 0 Å². The quantitative estimate of drug-likeness (QED) is 0.621. The molecular formula is C12H13FN4. The fourth-order valence-corrected chi connectivity index (χ4v) is 1.76. The van der Waals surface area contributed by atoms with Gasteiger partial charge in [0.05, 0.1) is 12.2 Å². The molecule has 2 aromatic heterocycles. The van der Waals surface area contributed by atoms with Crippen molar-refractivity contribution in [3.63, 3.8) is 0 Å². The highest BCUT2D eigenvalue weighted by Gasteiger charge is 2.15. The highest BCUT2D eigenvalue weighted by atomic mass is 19.1. The van der Waals surface area contributed by atoms with Gasteiger partial charge in [-0.05, 0) is 35.7 Å². The summed E-state index contributed by atoms with van der Waals surface area (Å²) in [5, 5.41) is 0. The van der Waals surface area contributed by atoms with Gasteiger partial charge in [-0.25, -0.2) is 9.82 Å². The lowest BCUT2D eigenvalue weighted by Gasteiger charge is -2.18. The van der Waals surface area contributed by atoms with Crippen molar-refractivity contribution in [3.8, 4) is 0 Å². The first-order chi connectivity index (χ1) is 8.22. The predicted molar refractivity (Wildman–Crippen MR) is 62.3 cm³/mol. The standard InChI is InChI=1S/C12H13FN4/c1-8-5-15-3-2-11(8)12(17-14)9-4-10(13)7-16-6-9/h2-7,12,17H,14H2,1H3. The molecule has 0 aliphatic rings. The van der Waals surface area contributed by atoms with Crippen molar-refractivity contribution in [2.24, 2.45) is 5.84 Å². The summed E-state index contributed by atoms with van der Waals surface area (Å²) in [4.78, 5) is 7.84. The third-order valence-corrected chi connectivity index (χ3v) is 2.60. The number of aryl methyl sites for hydroxylation is 1. The van der Waals surface area contributed by atoms with Gasteiger partial charge in [-0.1, -0.05) is 0 Å². The first-order valence-corrected chi connectivity index (χ1v) is 5.19. The summed E-state index contributed by atoms with van der Waals surface area (Å²) >= 11 is 0. The SMILES string of the molecule is Cc1cnccc1C(NN)c1cncc(F)c1. The number of pyridine rings is 2. The zero-order chi connectivity index (χ0) is 12.3. The van der Waals surface area contributed by atoms with Crippen LogP contribution < -0.4 is 11.3 Å². The Labute approximate surface area is 98.7 Å². The molecule has 1 unspecified atom stereocenters. The van der Waals surface area contributed by atoms with Crippen LogP contribution in [0.5, 0.6) is 0 Å². The largest absolute Gasteiger partial charge is 0.271 e. The number of hydrogen-bond donors (Lipinski definition) is 2. The third kappa shape index (κ3) is 2.46. The molecule has 2 rings (SSSR count). The Balaban J connectivity index is 2.44. The van der Waals surface area contributed by atoms with E-state index in [2.05, 4.69) is 15.4 Å². The fraction of sp³-hybridized carbons (Fsp3) is 0.167. The number of nitrogens with zero attached hydrogens (tertiary/aromatic N) is 2. The minimum atomic E-state index is -0.380. The van der Waals surface area contributed by atoms with Gasteiger partial charge in [0.2, 0.25) is 0 Å². The van der Waals surface area contributed by atoms with Gasteiger partial charge >= 0.3 is 0 Å². The van der Waals surface area contributed by atoms with Crippen LogP contribution in [0.4, 0.5) is 4.39 Å². The third-order valence-electron chi connectivity index (χ3n) is 2.60. The first-order valence-electron chi connectivity index (χ1n) is 5.19. The van der Waals surface area contributed by atoms with Crippen molar-refractivity contribution in [3.05, 3.63) is 59.4 Å². The monoisotopic (exact) mass is 232 g/mol. The molecule has 3 N–H and O–H groups in total. The Kier molecular flexibility index (Phi) is 3.41. The Bertz CT molecular complexity index is 515. The van der Waals surface area contributed by atoms with Crippen LogP contribution in [0.1, 0.15) is 22.7 Å². The molecule has 17 heavy (non-hydrogen) atoms. The molecule has 0 bridgehead atoms. The Morgan fingerprint density at radius 1 is 1.29 bits per heavy atom. The van der Waals surface area contributed by atoms with Gasteiger partial charge in [-0.3, -0.25) is 15.8 Å². The summed E-state index contributed by atoms with van der Waals surface area (Å²) in [5.41, 5.74) is 5.29. The van der Waals surface area contributed by atoms with E-state index in [0.29, 0.717) is 5.56 Å². The number of aromatic nitrogens is 2. The van der Waals surface area contributed by atoms with Crippen molar-refractivity contribution in [2.45, 2.75) is 13.0 Å². The summed E-state index contributed by atoms with van der Waals surface area (Å²) in [6, 6.07) is 2.98. The number of halogens is 1. The molecule has 88 valence electrons. The van der Waals surface area contributed by atoms with Gasteiger partial charge in [0.1, 0.15) is 5.82 Å². The molecule has 0 saturated carbocycles. The maximum Gasteiger partial charge on any atom is 0.141 e. The van der Waals surface area contributed by atoms with E-state index in [-0.39, 0.29) is 11.9 Å². The van der Waals surface area contributed by atoms with Crippen molar-refractivity contribution in [1.29, 1.82) is 0 Å². The average Bonchev–Trinajstić information content (AvgIpc) is 2.33. The second kappa shape index (κ2) is 4.99. The highest BCUT2D eigenvalue weighted by Crippen LogP contribution is 2.23. The normalized spacial score (nSPS) is 12.4. The van der Waals surface area contributed by atoms with Crippen LogP contribution in [-0.2, 0) is 0 Å². The maximum absolute atomic E-state index is 13.1. The highest BCUT2D eigenvalue weighted by molar-refractivity contribution is 5.33. The van der Waals surface area contributed by atoms with Gasteiger partial charge in [-0.2, -0.15) is 0 Å². The second-order valence-corrected chi connectivity index (χ2v) is 3.77. The summed E-state index contributed by atoms with van der Waals surface area (Å²) in [6.45, 7) is 1.93. The van der Waals surface area contributed by atoms with Gasteiger partial charge in [-0.15, -0.1) is 0 Å². The summed E-state index contributed by atoms with van der Waals surface area (Å²) in [6.07, 6.45) is 6.18. The van der Waals surface area contributed by atoms with Crippen molar-refractivity contribution in [2.75, 3.05) is 0 Å². The molecule has 0 aliphatic carbocycles. The Morgan fingerprint density at radius 3 is 2.76 bits per heavy atom. The lowest BCUT2D eigenvalue weighted by atomic mass is 9.98. The topological polar surface area (TPSA) is 63.8 Å². The van der Waals surface area contributed by atoms with Crippen LogP contribution in [0.2, 0.25) is 0 Å². The van der Waals surface area contributed by atoms with Gasteiger partial charge in [0, 0.05) is 18.6 Å². The van der Waals surface area contributed by atoms with E-state index in [4.69, 9.17) is 5.84 Å². The van der Waals surface area contributed by atoms with E-state index in [1.165, 1.54) is 6.07 Å². The van der Waals surface area contributed by atoms with E-state index in [9.17, 15) is 4.39 Å². The molecule has 0 saturated heterocycles. The van der Waals surface area contributed by atoms with Gasteiger partial charge in [0.25, 0.3) is 0 Å². The molecule has 5 heteroatoms. The van der Waals surface area contributed by atoms with Crippen LogP contribution in [0, 0.1) is 12.7 Å². The minimum Gasteiger partial charge on any atom is -0.271 e. The molecule has 0 radical (unpaired) electrons. The zero-order valence-corrected chi connectivity index (χ0v) is 9.39. The first kappa shape index (κ1) is 11.6. The molecule has 0 aromatic carbocycles. The van der Waals surface area contributed by atoms with E-state index in [1.54, 1.807) is 18.6 Å². The maximum atomic E-state index is 13.1. The number of hydrazine groups is 1. The number of hydrogen-bond acceptors (Lipinski definition) is 4. The summed E-state index contributed by atoms with van der Waals surface area (Å²) in [5.74, 6) is 5.16. The Hall–Kier alpha value is -1.85. The molecule has 2 aromatic rings. The molecule has 2 heterocycles. The molecule has 0 aliphatic heterocycles. The number of rotatable bonds is 3. The second-order valence-electron chi connectivity index (χ2n) is 3.77. The van der Waals surface area contributed by atoms with Crippen molar-refractivity contribution in [1.82, 2.24) is 15.4 Å².